The highest BCUT2D eigenvalue weighted by molar-refractivity contribution is 7.98. The molecule has 3 aromatic rings. The zero-order valence-electron chi connectivity index (χ0n) is 19.8. The second-order valence-corrected chi connectivity index (χ2v) is 8.42. The van der Waals surface area contributed by atoms with Gasteiger partial charge < -0.3 is 24.3 Å². The zero-order valence-corrected chi connectivity index (χ0v) is 20.7. The van der Waals surface area contributed by atoms with Crippen molar-refractivity contribution in [3.05, 3.63) is 53.2 Å². The fraction of sp³-hybridized carbons (Fsp3) is 0.360. The van der Waals surface area contributed by atoms with Crippen LogP contribution in [0.2, 0.25) is 0 Å². The highest BCUT2D eigenvalue weighted by Crippen LogP contribution is 2.40. The second-order valence-electron chi connectivity index (χ2n) is 7.43. The Balaban J connectivity index is 1.71. The smallest absolute Gasteiger partial charge is 0.257 e. The van der Waals surface area contributed by atoms with Crippen LogP contribution < -0.4 is 24.3 Å². The first kappa shape index (κ1) is 23.8. The predicted octanol–water partition coefficient (Wildman–Crippen LogP) is 5.08. The molecule has 0 saturated heterocycles. The van der Waals surface area contributed by atoms with E-state index in [1.165, 1.54) is 0 Å². The van der Waals surface area contributed by atoms with Gasteiger partial charge in [-0.1, -0.05) is 0 Å². The Labute approximate surface area is 203 Å². The second kappa shape index (κ2) is 10.7. The van der Waals surface area contributed by atoms with Crippen molar-refractivity contribution in [2.75, 3.05) is 32.2 Å². The number of amides is 1. The Kier molecular flexibility index (Phi) is 7.52. The summed E-state index contributed by atoms with van der Waals surface area (Å²) in [6.07, 6.45) is 0. The maximum Gasteiger partial charge on any atom is 0.257 e. The summed E-state index contributed by atoms with van der Waals surface area (Å²) in [6.45, 7) is 6.99. The van der Waals surface area contributed by atoms with Gasteiger partial charge in [0.15, 0.2) is 11.5 Å². The van der Waals surface area contributed by atoms with Gasteiger partial charge in [0.1, 0.15) is 11.6 Å². The van der Waals surface area contributed by atoms with Gasteiger partial charge in [0.25, 0.3) is 5.91 Å². The number of hydrogen-bond donors (Lipinski definition) is 1. The Morgan fingerprint density at radius 1 is 1.00 bits per heavy atom. The van der Waals surface area contributed by atoms with Crippen LogP contribution in [0, 0.1) is 0 Å². The van der Waals surface area contributed by atoms with Crippen LogP contribution in [-0.2, 0) is 11.5 Å². The van der Waals surface area contributed by atoms with Crippen molar-refractivity contribution in [2.24, 2.45) is 0 Å². The third-order valence-electron chi connectivity index (χ3n) is 5.27. The van der Waals surface area contributed by atoms with Crippen molar-refractivity contribution < 1.29 is 23.7 Å². The molecule has 1 aliphatic heterocycles. The lowest BCUT2D eigenvalue weighted by atomic mass is 10.1. The third kappa shape index (κ3) is 4.79. The molecule has 180 valence electrons. The summed E-state index contributed by atoms with van der Waals surface area (Å²) in [5, 5.41) is 7.86. The molecule has 9 heteroatoms. The third-order valence-corrected chi connectivity index (χ3v) is 6.24. The van der Waals surface area contributed by atoms with E-state index in [-0.39, 0.29) is 5.91 Å². The van der Waals surface area contributed by atoms with Gasteiger partial charge in [0.05, 0.1) is 38.3 Å². The summed E-state index contributed by atoms with van der Waals surface area (Å²) in [7, 11) is 1.63. The summed E-state index contributed by atoms with van der Waals surface area (Å²) >= 11 is 1.78. The lowest BCUT2D eigenvalue weighted by Crippen LogP contribution is -2.17. The maximum atomic E-state index is 13.4. The first-order valence-corrected chi connectivity index (χ1v) is 12.5. The van der Waals surface area contributed by atoms with E-state index in [0.29, 0.717) is 48.5 Å². The minimum absolute atomic E-state index is 0.278. The highest BCUT2D eigenvalue weighted by Gasteiger charge is 2.26. The minimum Gasteiger partial charge on any atom is -0.497 e. The molecule has 0 unspecified atom stereocenters. The molecule has 2 aromatic carbocycles. The van der Waals surface area contributed by atoms with Crippen LogP contribution >= 0.6 is 11.8 Å². The number of carbonyl (C=O) groups is 1. The van der Waals surface area contributed by atoms with Gasteiger partial charge in [-0.25, -0.2) is 4.68 Å². The lowest BCUT2D eigenvalue weighted by molar-refractivity contribution is 0.102. The van der Waals surface area contributed by atoms with E-state index in [1.807, 2.05) is 45.0 Å². The molecule has 0 radical (unpaired) electrons. The Bertz CT molecular complexity index is 1130. The molecule has 1 aliphatic rings. The van der Waals surface area contributed by atoms with Crippen molar-refractivity contribution >= 4 is 23.5 Å². The van der Waals surface area contributed by atoms with Crippen LogP contribution in [-0.4, -0.2) is 42.6 Å². The number of methoxy groups -OCH3 is 1. The van der Waals surface area contributed by atoms with E-state index in [1.54, 1.807) is 35.7 Å². The van der Waals surface area contributed by atoms with Crippen LogP contribution in [0.1, 0.15) is 42.4 Å². The Morgan fingerprint density at radius 3 is 2.24 bits per heavy atom. The van der Waals surface area contributed by atoms with E-state index in [0.717, 1.165) is 34.2 Å². The van der Waals surface area contributed by atoms with E-state index in [2.05, 4.69) is 5.32 Å². The molecule has 1 amide bonds. The van der Waals surface area contributed by atoms with Crippen molar-refractivity contribution in [2.45, 2.75) is 32.3 Å². The molecule has 8 nitrogen and oxygen atoms in total. The van der Waals surface area contributed by atoms with Gasteiger partial charge in [-0.05, 0) is 57.2 Å². The van der Waals surface area contributed by atoms with Crippen LogP contribution in [0.4, 0.5) is 5.82 Å². The first-order valence-electron chi connectivity index (χ1n) is 11.3. The highest BCUT2D eigenvalue weighted by atomic mass is 32.2. The van der Waals surface area contributed by atoms with Crippen LogP contribution in [0.15, 0.2) is 36.4 Å². The first-order chi connectivity index (χ1) is 16.6. The summed E-state index contributed by atoms with van der Waals surface area (Å²) < 4.78 is 24.4. The largest absolute Gasteiger partial charge is 0.497 e. The van der Waals surface area contributed by atoms with Gasteiger partial charge >= 0.3 is 0 Å². The molecular weight excluding hydrogens is 454 g/mol. The van der Waals surface area contributed by atoms with Crippen LogP contribution in [0.5, 0.6) is 23.0 Å². The molecule has 1 N–H and O–H groups in total. The number of benzene rings is 2. The molecule has 1 aromatic heterocycles. The molecule has 0 saturated carbocycles. The van der Waals surface area contributed by atoms with E-state index < -0.39 is 0 Å². The number of anilines is 1. The number of hydrogen-bond acceptors (Lipinski definition) is 7. The fourth-order valence-electron chi connectivity index (χ4n) is 3.75. The molecule has 0 atom stereocenters. The number of fused-ring (bicyclic) bond motifs is 1. The summed E-state index contributed by atoms with van der Waals surface area (Å²) in [4.78, 5) is 13.4. The normalized spacial score (nSPS) is 12.2. The molecule has 2 heterocycles. The number of nitrogens with one attached hydrogen (secondary N) is 1. The van der Waals surface area contributed by atoms with Crippen LogP contribution in [0.25, 0.3) is 5.69 Å². The summed E-state index contributed by atoms with van der Waals surface area (Å²) in [6, 6.07) is 11.0. The summed E-state index contributed by atoms with van der Waals surface area (Å²) in [5.74, 6) is 4.20. The van der Waals surface area contributed by atoms with Gasteiger partial charge in [-0.2, -0.15) is 16.9 Å². The molecule has 4 rings (SSSR count). The Morgan fingerprint density at radius 2 is 1.65 bits per heavy atom. The molecule has 0 fully saturated rings. The SMILES string of the molecule is CCOc1cc(C(=O)Nc2c3c(nn2-c2ccc(OC)cc2)CSC3)cc(OCC)c1OCC. The maximum absolute atomic E-state index is 13.4. The number of carbonyl (C=O) groups excluding carboxylic acids is 1. The average Bonchev–Trinajstić information content (AvgIpc) is 3.44. The number of rotatable bonds is 10. The number of ether oxygens (including phenoxy) is 4. The topological polar surface area (TPSA) is 83.8 Å². The van der Waals surface area contributed by atoms with Gasteiger partial charge in [0.2, 0.25) is 5.75 Å². The molecule has 0 bridgehead atoms. The van der Waals surface area contributed by atoms with Crippen molar-refractivity contribution in [1.82, 2.24) is 9.78 Å². The van der Waals surface area contributed by atoms with Gasteiger partial charge in [0, 0.05) is 22.6 Å². The average molecular weight is 484 g/mol. The quantitative estimate of drug-likeness (QED) is 0.431. The predicted molar refractivity (Wildman–Crippen MR) is 133 cm³/mol. The van der Waals surface area contributed by atoms with E-state index in [9.17, 15) is 4.79 Å². The molecule has 0 spiro atoms. The van der Waals surface area contributed by atoms with E-state index >= 15 is 0 Å². The van der Waals surface area contributed by atoms with E-state index in [4.69, 9.17) is 24.0 Å². The fourth-order valence-corrected chi connectivity index (χ4v) is 4.79. The molecular formula is C25H29N3O5S. The summed E-state index contributed by atoms with van der Waals surface area (Å²) in [5.41, 5.74) is 3.27. The standard InChI is InChI=1S/C25H29N3O5S/c1-5-31-21-12-16(13-22(32-6-2)23(21)33-7-3)25(29)26-24-19-14-34-15-20(19)27-28(24)17-8-10-18(30-4)11-9-17/h8-13H,5-7,14-15H2,1-4H3,(H,26,29). The van der Waals surface area contributed by atoms with Crippen molar-refractivity contribution in [3.63, 3.8) is 0 Å². The Hall–Kier alpha value is -3.33. The van der Waals surface area contributed by atoms with Crippen LogP contribution in [0.3, 0.4) is 0 Å². The lowest BCUT2D eigenvalue weighted by Gasteiger charge is -2.17. The van der Waals surface area contributed by atoms with Crippen molar-refractivity contribution in [3.8, 4) is 28.7 Å². The van der Waals surface area contributed by atoms with Gasteiger partial charge in [-0.3, -0.25) is 4.79 Å². The number of nitrogens with zero attached hydrogens (tertiary/aromatic N) is 2. The number of thioether (sulfide) groups is 1. The zero-order chi connectivity index (χ0) is 24.1. The van der Waals surface area contributed by atoms with Crippen molar-refractivity contribution in [1.29, 1.82) is 0 Å². The van der Waals surface area contributed by atoms with Gasteiger partial charge in [-0.15, -0.1) is 0 Å². The molecule has 34 heavy (non-hydrogen) atoms. The molecule has 0 aliphatic carbocycles. The number of aromatic nitrogens is 2. The minimum atomic E-state index is -0.278. The monoisotopic (exact) mass is 483 g/mol.